The first-order valence-corrected chi connectivity index (χ1v) is 7.18. The lowest BCUT2D eigenvalue weighted by atomic mass is 10.2. The van der Waals surface area contributed by atoms with Crippen molar-refractivity contribution in [2.45, 2.75) is 16.3 Å². The summed E-state index contributed by atoms with van der Waals surface area (Å²) in [4.78, 5) is 15.6. The lowest BCUT2D eigenvalue weighted by Crippen LogP contribution is -2.11. The molecule has 0 fully saturated rings. The summed E-state index contributed by atoms with van der Waals surface area (Å²) >= 11 is 1.65. The van der Waals surface area contributed by atoms with E-state index in [1.165, 1.54) is 10.5 Å². The Morgan fingerprint density at radius 1 is 1.15 bits per heavy atom. The highest BCUT2D eigenvalue weighted by atomic mass is 32.2. The van der Waals surface area contributed by atoms with E-state index in [0.29, 0.717) is 5.56 Å². The van der Waals surface area contributed by atoms with Crippen LogP contribution in [0.3, 0.4) is 0 Å². The minimum Gasteiger partial charge on any atom is -0.366 e. The molecule has 0 aromatic heterocycles. The van der Waals surface area contributed by atoms with Crippen molar-refractivity contribution in [3.63, 3.8) is 0 Å². The van der Waals surface area contributed by atoms with Gasteiger partial charge in [-0.15, -0.1) is 0 Å². The molecule has 0 unspecified atom stereocenters. The smallest absolute Gasteiger partial charge is 0.248 e. The van der Waals surface area contributed by atoms with Crippen LogP contribution in [0.1, 0.15) is 15.9 Å². The zero-order chi connectivity index (χ0) is 14.5. The molecule has 4 heteroatoms. The Labute approximate surface area is 123 Å². The summed E-state index contributed by atoms with van der Waals surface area (Å²) in [5.74, 6) is -0.394. The van der Waals surface area contributed by atoms with Crippen LogP contribution in [0.4, 0.5) is 0 Å². The number of hydrogen-bond acceptors (Lipinski definition) is 3. The van der Waals surface area contributed by atoms with Crippen LogP contribution in [-0.2, 0) is 6.54 Å². The number of benzene rings is 2. The molecule has 2 aromatic rings. The first kappa shape index (κ1) is 14.6. The van der Waals surface area contributed by atoms with Crippen LogP contribution in [0.15, 0.2) is 58.3 Å². The van der Waals surface area contributed by atoms with Gasteiger partial charge < -0.3 is 10.6 Å². The summed E-state index contributed by atoms with van der Waals surface area (Å²) in [6.07, 6.45) is 0. The third-order valence-corrected chi connectivity index (χ3v) is 3.91. The molecule has 0 aliphatic carbocycles. The molecule has 2 aromatic carbocycles. The van der Waals surface area contributed by atoms with Crippen LogP contribution in [0.25, 0.3) is 0 Å². The van der Waals surface area contributed by atoms with Crippen molar-refractivity contribution in [1.29, 1.82) is 0 Å². The SMILES string of the molecule is CN(C)Cc1ccccc1Sc1cccc(C(N)=O)c1. The molecular formula is C16H18N2OS. The van der Waals surface area contributed by atoms with Crippen molar-refractivity contribution in [3.05, 3.63) is 59.7 Å². The summed E-state index contributed by atoms with van der Waals surface area (Å²) < 4.78 is 0. The van der Waals surface area contributed by atoms with Gasteiger partial charge in [0.15, 0.2) is 0 Å². The van der Waals surface area contributed by atoms with Gasteiger partial charge in [0.05, 0.1) is 0 Å². The molecule has 1 amide bonds. The Bertz CT molecular complexity index is 611. The number of hydrogen-bond donors (Lipinski definition) is 1. The Morgan fingerprint density at radius 3 is 2.60 bits per heavy atom. The maximum absolute atomic E-state index is 11.2. The molecule has 0 atom stereocenters. The number of nitrogens with zero attached hydrogens (tertiary/aromatic N) is 1. The summed E-state index contributed by atoms with van der Waals surface area (Å²) in [5.41, 5.74) is 7.13. The van der Waals surface area contributed by atoms with E-state index in [2.05, 4.69) is 31.1 Å². The van der Waals surface area contributed by atoms with Gasteiger partial charge in [-0.25, -0.2) is 0 Å². The Morgan fingerprint density at radius 2 is 1.90 bits per heavy atom. The summed E-state index contributed by atoms with van der Waals surface area (Å²) in [6, 6.07) is 15.7. The second-order valence-corrected chi connectivity index (χ2v) is 5.96. The number of rotatable bonds is 5. The highest BCUT2D eigenvalue weighted by molar-refractivity contribution is 7.99. The van der Waals surface area contributed by atoms with Gasteiger partial charge in [0.1, 0.15) is 0 Å². The van der Waals surface area contributed by atoms with Crippen molar-refractivity contribution < 1.29 is 4.79 Å². The van der Waals surface area contributed by atoms with E-state index in [9.17, 15) is 4.79 Å². The fraction of sp³-hybridized carbons (Fsp3) is 0.188. The van der Waals surface area contributed by atoms with E-state index in [4.69, 9.17) is 5.73 Å². The van der Waals surface area contributed by atoms with Crippen molar-refractivity contribution in [2.75, 3.05) is 14.1 Å². The molecule has 0 spiro atoms. The quantitative estimate of drug-likeness (QED) is 0.919. The number of nitrogens with two attached hydrogens (primary N) is 1. The Kier molecular flexibility index (Phi) is 4.82. The highest BCUT2D eigenvalue weighted by Gasteiger charge is 2.07. The van der Waals surface area contributed by atoms with Crippen LogP contribution in [0.5, 0.6) is 0 Å². The monoisotopic (exact) mass is 286 g/mol. The topological polar surface area (TPSA) is 46.3 Å². The van der Waals surface area contributed by atoms with Crippen LogP contribution in [-0.4, -0.2) is 24.9 Å². The van der Waals surface area contributed by atoms with E-state index in [1.54, 1.807) is 17.8 Å². The average molecular weight is 286 g/mol. The second-order valence-electron chi connectivity index (χ2n) is 4.84. The van der Waals surface area contributed by atoms with E-state index in [0.717, 1.165) is 11.4 Å². The molecule has 0 aliphatic rings. The van der Waals surface area contributed by atoms with Crippen LogP contribution >= 0.6 is 11.8 Å². The molecular weight excluding hydrogens is 268 g/mol. The molecule has 0 saturated heterocycles. The number of amides is 1. The van der Waals surface area contributed by atoms with Gasteiger partial charge in [0, 0.05) is 21.9 Å². The summed E-state index contributed by atoms with van der Waals surface area (Å²) in [6.45, 7) is 0.888. The molecule has 0 saturated carbocycles. The first-order chi connectivity index (χ1) is 9.56. The van der Waals surface area contributed by atoms with Gasteiger partial charge >= 0.3 is 0 Å². The molecule has 104 valence electrons. The molecule has 0 heterocycles. The molecule has 2 rings (SSSR count). The van der Waals surface area contributed by atoms with E-state index in [1.807, 2.05) is 30.3 Å². The Hall–Kier alpha value is -1.78. The molecule has 0 aliphatic heterocycles. The van der Waals surface area contributed by atoms with Crippen molar-refractivity contribution in [2.24, 2.45) is 5.73 Å². The van der Waals surface area contributed by atoms with E-state index < -0.39 is 5.91 Å². The maximum atomic E-state index is 11.2. The fourth-order valence-corrected chi connectivity index (χ4v) is 2.91. The van der Waals surface area contributed by atoms with Gasteiger partial charge in [-0.2, -0.15) is 0 Å². The van der Waals surface area contributed by atoms with Crippen LogP contribution in [0, 0.1) is 0 Å². The van der Waals surface area contributed by atoms with Gasteiger partial charge in [0.25, 0.3) is 0 Å². The van der Waals surface area contributed by atoms with Crippen molar-refractivity contribution in [1.82, 2.24) is 4.90 Å². The summed E-state index contributed by atoms with van der Waals surface area (Å²) in [7, 11) is 4.10. The fourth-order valence-electron chi connectivity index (χ4n) is 1.91. The van der Waals surface area contributed by atoms with Crippen molar-refractivity contribution >= 4 is 17.7 Å². The van der Waals surface area contributed by atoms with Gasteiger partial charge in [-0.05, 0) is 43.9 Å². The zero-order valence-corrected chi connectivity index (χ0v) is 12.5. The lowest BCUT2D eigenvalue weighted by molar-refractivity contribution is 0.1000. The molecule has 3 nitrogen and oxygen atoms in total. The predicted octanol–water partition coefficient (Wildman–Crippen LogP) is 3.00. The number of carbonyl (C=O) groups is 1. The van der Waals surface area contributed by atoms with Crippen molar-refractivity contribution in [3.8, 4) is 0 Å². The molecule has 0 bridgehead atoms. The Balaban J connectivity index is 2.25. The number of primary amides is 1. The van der Waals surface area contributed by atoms with Gasteiger partial charge in [-0.1, -0.05) is 36.0 Å². The highest BCUT2D eigenvalue weighted by Crippen LogP contribution is 2.31. The standard InChI is InChI=1S/C16H18N2OS/c1-18(2)11-13-6-3-4-9-15(13)20-14-8-5-7-12(10-14)16(17)19/h3-10H,11H2,1-2H3,(H2,17,19). The average Bonchev–Trinajstić information content (AvgIpc) is 2.41. The lowest BCUT2D eigenvalue weighted by Gasteiger charge is -2.13. The number of carbonyl (C=O) groups excluding carboxylic acids is 1. The predicted molar refractivity (Wildman–Crippen MR) is 82.9 cm³/mol. The van der Waals surface area contributed by atoms with Gasteiger partial charge in [0.2, 0.25) is 5.91 Å². The zero-order valence-electron chi connectivity index (χ0n) is 11.7. The first-order valence-electron chi connectivity index (χ1n) is 6.36. The minimum absolute atomic E-state index is 0.394. The van der Waals surface area contributed by atoms with Gasteiger partial charge in [-0.3, -0.25) is 4.79 Å². The second kappa shape index (κ2) is 6.59. The normalized spacial score (nSPS) is 10.8. The molecule has 2 N–H and O–H groups in total. The van der Waals surface area contributed by atoms with E-state index in [-0.39, 0.29) is 0 Å². The maximum Gasteiger partial charge on any atom is 0.248 e. The molecule has 20 heavy (non-hydrogen) atoms. The summed E-state index contributed by atoms with van der Waals surface area (Å²) in [5, 5.41) is 0. The minimum atomic E-state index is -0.394. The van der Waals surface area contributed by atoms with E-state index >= 15 is 0 Å². The third kappa shape index (κ3) is 3.85. The van der Waals surface area contributed by atoms with Crippen LogP contribution < -0.4 is 5.73 Å². The van der Waals surface area contributed by atoms with Crippen LogP contribution in [0.2, 0.25) is 0 Å². The third-order valence-electron chi connectivity index (χ3n) is 2.81. The largest absolute Gasteiger partial charge is 0.366 e. The molecule has 0 radical (unpaired) electrons.